The number of urea groups is 1. The first-order chi connectivity index (χ1) is 10.1. The van der Waals surface area contributed by atoms with E-state index in [2.05, 4.69) is 23.6 Å². The molecule has 3 N–H and O–H groups in total. The number of hydrogen-bond donors (Lipinski definition) is 3. The number of carboxylic acid groups (broad SMARTS) is 1. The van der Waals surface area contributed by atoms with Crippen LogP contribution in [0.3, 0.4) is 0 Å². The van der Waals surface area contributed by atoms with Gasteiger partial charge in [-0.15, -0.1) is 11.3 Å². The fraction of sp³-hybridized carbons (Fsp3) is 0.571. The number of carboxylic acids is 1. The molecular formula is C14H20N2O4S. The van der Waals surface area contributed by atoms with Gasteiger partial charge in [0.05, 0.1) is 12.6 Å². The summed E-state index contributed by atoms with van der Waals surface area (Å²) in [6, 6.07) is 1.81. The van der Waals surface area contributed by atoms with Gasteiger partial charge >= 0.3 is 12.0 Å². The summed E-state index contributed by atoms with van der Waals surface area (Å²) in [5.74, 6) is -0.938. The van der Waals surface area contributed by atoms with Crippen LogP contribution < -0.4 is 10.6 Å². The second kappa shape index (κ2) is 7.42. The molecule has 21 heavy (non-hydrogen) atoms. The molecule has 2 atom stereocenters. The molecule has 1 aromatic heterocycles. The van der Waals surface area contributed by atoms with Crippen molar-refractivity contribution in [1.29, 1.82) is 0 Å². The number of carbonyl (C=O) groups is 2. The lowest BCUT2D eigenvalue weighted by Crippen LogP contribution is -2.39. The van der Waals surface area contributed by atoms with Gasteiger partial charge in [-0.1, -0.05) is 6.92 Å². The Kier molecular flexibility index (Phi) is 5.58. The van der Waals surface area contributed by atoms with E-state index in [-0.39, 0.29) is 12.1 Å². The third kappa shape index (κ3) is 4.44. The number of ether oxygens (including phenoxy) is 1. The van der Waals surface area contributed by atoms with E-state index in [4.69, 9.17) is 9.84 Å². The minimum Gasteiger partial charge on any atom is -0.479 e. The third-order valence-electron chi connectivity index (χ3n) is 3.50. The van der Waals surface area contributed by atoms with Crippen molar-refractivity contribution in [3.05, 3.63) is 21.9 Å². The number of carbonyl (C=O) groups excluding carboxylic acids is 1. The van der Waals surface area contributed by atoms with Gasteiger partial charge in [-0.2, -0.15) is 0 Å². The first-order valence-electron chi connectivity index (χ1n) is 7.05. The van der Waals surface area contributed by atoms with E-state index < -0.39 is 12.1 Å². The molecule has 0 saturated carbocycles. The van der Waals surface area contributed by atoms with Gasteiger partial charge in [-0.3, -0.25) is 0 Å². The molecule has 0 bridgehead atoms. The molecule has 1 fully saturated rings. The highest BCUT2D eigenvalue weighted by molar-refractivity contribution is 7.10. The molecule has 7 heteroatoms. The van der Waals surface area contributed by atoms with Crippen molar-refractivity contribution >= 4 is 23.3 Å². The normalized spacial score (nSPS) is 21.2. The van der Waals surface area contributed by atoms with Crippen LogP contribution in [0, 0.1) is 0 Å². The minimum absolute atomic E-state index is 0.218. The van der Waals surface area contributed by atoms with Crippen LogP contribution in [0.4, 0.5) is 4.79 Å². The third-order valence-corrected chi connectivity index (χ3v) is 4.46. The smallest absolute Gasteiger partial charge is 0.332 e. The molecular weight excluding hydrogens is 292 g/mol. The number of hydrogen-bond acceptors (Lipinski definition) is 4. The highest BCUT2D eigenvalue weighted by atomic mass is 32.1. The van der Waals surface area contributed by atoms with Gasteiger partial charge in [-0.05, 0) is 36.3 Å². The number of aliphatic carboxylic acids is 1. The summed E-state index contributed by atoms with van der Waals surface area (Å²) in [5.41, 5.74) is 1.25. The molecule has 2 amide bonds. The second-order valence-electron chi connectivity index (χ2n) is 4.95. The standard InChI is InChI=1S/C14H20N2O4S/c1-2-9-5-6-21-12(9)8-16-14(19)15-7-10-3-4-11(20-10)13(17)18/h5-6,10-11H,2-4,7-8H2,1H3,(H,17,18)(H2,15,16,19). The zero-order valence-electron chi connectivity index (χ0n) is 11.9. The Labute approximate surface area is 127 Å². The van der Waals surface area contributed by atoms with E-state index in [1.54, 1.807) is 11.3 Å². The summed E-state index contributed by atoms with van der Waals surface area (Å²) in [6.45, 7) is 2.93. The summed E-state index contributed by atoms with van der Waals surface area (Å²) in [4.78, 5) is 23.6. The predicted octanol–water partition coefficient (Wildman–Crippen LogP) is 1.74. The van der Waals surface area contributed by atoms with E-state index in [0.29, 0.717) is 25.9 Å². The fourth-order valence-electron chi connectivity index (χ4n) is 2.30. The second-order valence-corrected chi connectivity index (χ2v) is 5.95. The Bertz CT molecular complexity index is 503. The Morgan fingerprint density at radius 2 is 2.24 bits per heavy atom. The first kappa shape index (κ1) is 15.8. The van der Waals surface area contributed by atoms with Gasteiger partial charge in [0.15, 0.2) is 6.10 Å². The molecule has 6 nitrogen and oxygen atoms in total. The summed E-state index contributed by atoms with van der Waals surface area (Å²) in [5, 5.41) is 16.4. The molecule has 1 aliphatic rings. The molecule has 0 aliphatic carbocycles. The molecule has 2 heterocycles. The van der Waals surface area contributed by atoms with E-state index in [1.165, 1.54) is 5.56 Å². The molecule has 116 valence electrons. The van der Waals surface area contributed by atoms with Crippen LogP contribution in [0.2, 0.25) is 0 Å². The van der Waals surface area contributed by atoms with Crippen molar-refractivity contribution in [1.82, 2.24) is 10.6 Å². The molecule has 1 saturated heterocycles. The number of thiophene rings is 1. The van der Waals surface area contributed by atoms with Crippen molar-refractivity contribution in [3.8, 4) is 0 Å². The van der Waals surface area contributed by atoms with Gasteiger partial charge in [-0.25, -0.2) is 9.59 Å². The van der Waals surface area contributed by atoms with Gasteiger partial charge in [0.25, 0.3) is 0 Å². The van der Waals surface area contributed by atoms with Gasteiger partial charge in [0, 0.05) is 11.4 Å². The van der Waals surface area contributed by atoms with Crippen molar-refractivity contribution in [2.24, 2.45) is 0 Å². The lowest BCUT2D eigenvalue weighted by atomic mass is 10.2. The maximum absolute atomic E-state index is 11.7. The number of amides is 2. The van der Waals surface area contributed by atoms with Gasteiger partial charge < -0.3 is 20.5 Å². The SMILES string of the molecule is CCc1ccsc1CNC(=O)NCC1CCC(C(=O)O)O1. The molecule has 1 aliphatic heterocycles. The monoisotopic (exact) mass is 312 g/mol. The molecule has 1 aromatic rings. The molecule has 0 radical (unpaired) electrons. The van der Waals surface area contributed by atoms with Crippen LogP contribution in [0.25, 0.3) is 0 Å². The average Bonchev–Trinajstić information content (AvgIpc) is 3.11. The van der Waals surface area contributed by atoms with E-state index in [1.807, 2.05) is 5.38 Å². The minimum atomic E-state index is -0.938. The summed E-state index contributed by atoms with van der Waals surface area (Å²) < 4.78 is 5.32. The van der Waals surface area contributed by atoms with E-state index in [9.17, 15) is 9.59 Å². The summed E-state index contributed by atoms with van der Waals surface area (Å²) in [6.07, 6.45) is 1.15. The van der Waals surface area contributed by atoms with Crippen LogP contribution in [-0.2, 0) is 22.5 Å². The highest BCUT2D eigenvalue weighted by Crippen LogP contribution is 2.19. The van der Waals surface area contributed by atoms with Crippen LogP contribution >= 0.6 is 11.3 Å². The predicted molar refractivity (Wildman–Crippen MR) is 79.5 cm³/mol. The zero-order chi connectivity index (χ0) is 15.2. The topological polar surface area (TPSA) is 87.7 Å². The maximum atomic E-state index is 11.7. The summed E-state index contributed by atoms with van der Waals surface area (Å²) >= 11 is 1.63. The number of nitrogens with one attached hydrogen (secondary N) is 2. The maximum Gasteiger partial charge on any atom is 0.332 e. The zero-order valence-corrected chi connectivity index (χ0v) is 12.7. The van der Waals surface area contributed by atoms with Gasteiger partial charge in [0.2, 0.25) is 0 Å². The van der Waals surface area contributed by atoms with Crippen LogP contribution in [0.1, 0.15) is 30.2 Å². The molecule has 0 spiro atoms. The van der Waals surface area contributed by atoms with Crippen molar-refractivity contribution in [2.75, 3.05) is 6.54 Å². The Balaban J connectivity index is 1.67. The lowest BCUT2D eigenvalue weighted by molar-refractivity contribution is -0.149. The van der Waals surface area contributed by atoms with Crippen LogP contribution in [0.5, 0.6) is 0 Å². The molecule has 0 aromatic carbocycles. The van der Waals surface area contributed by atoms with Crippen LogP contribution in [-0.4, -0.2) is 35.9 Å². The molecule has 2 unspecified atom stereocenters. The van der Waals surface area contributed by atoms with E-state index >= 15 is 0 Å². The van der Waals surface area contributed by atoms with Gasteiger partial charge in [0.1, 0.15) is 0 Å². The highest BCUT2D eigenvalue weighted by Gasteiger charge is 2.30. The quantitative estimate of drug-likeness (QED) is 0.746. The van der Waals surface area contributed by atoms with E-state index in [0.717, 1.165) is 11.3 Å². The lowest BCUT2D eigenvalue weighted by Gasteiger charge is -2.13. The first-order valence-corrected chi connectivity index (χ1v) is 7.93. The van der Waals surface area contributed by atoms with Crippen molar-refractivity contribution in [2.45, 2.75) is 44.9 Å². The summed E-state index contributed by atoms with van der Waals surface area (Å²) in [7, 11) is 0. The average molecular weight is 312 g/mol. The van der Waals surface area contributed by atoms with Crippen molar-refractivity contribution in [3.63, 3.8) is 0 Å². The Hall–Kier alpha value is -1.60. The number of rotatable bonds is 6. The van der Waals surface area contributed by atoms with Crippen molar-refractivity contribution < 1.29 is 19.4 Å². The number of aryl methyl sites for hydroxylation is 1. The van der Waals surface area contributed by atoms with Crippen LogP contribution in [0.15, 0.2) is 11.4 Å². The fourth-order valence-corrected chi connectivity index (χ4v) is 3.22. The molecule has 2 rings (SSSR count). The largest absolute Gasteiger partial charge is 0.479 e. The Morgan fingerprint density at radius 1 is 1.43 bits per heavy atom. The Morgan fingerprint density at radius 3 is 2.90 bits per heavy atom.